The first-order valence-electron chi connectivity index (χ1n) is 9.29. The van der Waals surface area contributed by atoms with Gasteiger partial charge in [-0.25, -0.2) is 9.69 Å². The Balaban J connectivity index is 1.54. The molecular weight excluding hydrogens is 410 g/mol. The zero-order valence-corrected chi connectivity index (χ0v) is 16.8. The zero-order chi connectivity index (χ0) is 21.4. The van der Waals surface area contributed by atoms with Crippen molar-refractivity contribution in [3.8, 4) is 0 Å². The number of nitrogens with zero attached hydrogens (tertiary/aromatic N) is 4. The number of hydrogen-bond acceptors (Lipinski definition) is 5. The SMILES string of the molecule is CC(=O)N1CCN2C(=O)N(c3ccc(NC(=O)c4ccccn4)cc3Cl)C(=O)C2C1. The summed E-state index contributed by atoms with van der Waals surface area (Å²) in [5, 5.41) is 2.82. The van der Waals surface area contributed by atoms with Gasteiger partial charge in [0, 0.05) is 31.9 Å². The van der Waals surface area contributed by atoms with Crippen LogP contribution >= 0.6 is 11.6 Å². The summed E-state index contributed by atoms with van der Waals surface area (Å²) in [4.78, 5) is 57.6. The van der Waals surface area contributed by atoms with E-state index >= 15 is 0 Å². The molecule has 4 rings (SSSR count). The van der Waals surface area contributed by atoms with E-state index in [1.54, 1.807) is 29.2 Å². The molecule has 0 bridgehead atoms. The Kier molecular flexibility index (Phi) is 5.13. The fourth-order valence-corrected chi connectivity index (χ4v) is 3.83. The van der Waals surface area contributed by atoms with Crippen molar-refractivity contribution >= 4 is 46.7 Å². The van der Waals surface area contributed by atoms with E-state index in [1.807, 2.05) is 0 Å². The van der Waals surface area contributed by atoms with Gasteiger partial charge in [0.15, 0.2) is 0 Å². The average molecular weight is 428 g/mol. The second kappa shape index (κ2) is 7.75. The normalized spacial score (nSPS) is 18.5. The molecule has 2 saturated heterocycles. The summed E-state index contributed by atoms with van der Waals surface area (Å²) in [5.41, 5.74) is 0.875. The molecule has 0 aliphatic carbocycles. The molecule has 0 spiro atoms. The minimum absolute atomic E-state index is 0.138. The van der Waals surface area contributed by atoms with E-state index in [0.717, 1.165) is 4.90 Å². The van der Waals surface area contributed by atoms with E-state index in [9.17, 15) is 19.2 Å². The lowest BCUT2D eigenvalue weighted by atomic mass is 10.2. The van der Waals surface area contributed by atoms with Crippen molar-refractivity contribution in [1.82, 2.24) is 14.8 Å². The molecule has 0 radical (unpaired) electrons. The van der Waals surface area contributed by atoms with Crippen molar-refractivity contribution in [2.45, 2.75) is 13.0 Å². The first kappa shape index (κ1) is 19.8. The Morgan fingerprint density at radius 1 is 1.17 bits per heavy atom. The molecule has 9 nitrogen and oxygen atoms in total. The highest BCUT2D eigenvalue weighted by Crippen LogP contribution is 2.34. The first-order valence-corrected chi connectivity index (χ1v) is 9.66. The molecule has 1 unspecified atom stereocenters. The molecule has 1 atom stereocenters. The summed E-state index contributed by atoms with van der Waals surface area (Å²) in [5.74, 6) is -0.980. The number of carbonyl (C=O) groups excluding carboxylic acids is 4. The number of amides is 5. The highest BCUT2D eigenvalue weighted by Gasteiger charge is 2.49. The quantitative estimate of drug-likeness (QED) is 0.754. The van der Waals surface area contributed by atoms with Crippen LogP contribution in [0.5, 0.6) is 0 Å². The summed E-state index contributed by atoms with van der Waals surface area (Å²) in [6.07, 6.45) is 1.51. The number of aromatic nitrogens is 1. The highest BCUT2D eigenvalue weighted by atomic mass is 35.5. The number of pyridine rings is 1. The Morgan fingerprint density at radius 3 is 2.63 bits per heavy atom. The van der Waals surface area contributed by atoms with Gasteiger partial charge in [-0.15, -0.1) is 0 Å². The molecule has 30 heavy (non-hydrogen) atoms. The second-order valence-electron chi connectivity index (χ2n) is 6.97. The topological polar surface area (TPSA) is 103 Å². The number of anilines is 2. The molecule has 1 aromatic heterocycles. The summed E-state index contributed by atoms with van der Waals surface area (Å²) in [6, 6.07) is 8.32. The van der Waals surface area contributed by atoms with Gasteiger partial charge in [0.2, 0.25) is 5.91 Å². The van der Waals surface area contributed by atoms with Crippen molar-refractivity contribution < 1.29 is 19.2 Å². The molecule has 1 aromatic carbocycles. The van der Waals surface area contributed by atoms with E-state index in [2.05, 4.69) is 10.3 Å². The standard InChI is InChI=1S/C20H18ClN5O4/c1-12(27)24-8-9-25-17(11-24)19(29)26(20(25)30)16-6-5-13(10-14(16)21)23-18(28)15-4-2-3-7-22-15/h2-7,10,17H,8-9,11H2,1H3,(H,23,28). The number of halogens is 1. The van der Waals surface area contributed by atoms with Gasteiger partial charge in [0.05, 0.1) is 17.3 Å². The van der Waals surface area contributed by atoms with E-state index < -0.39 is 23.9 Å². The Labute approximate surface area is 177 Å². The Morgan fingerprint density at radius 2 is 1.97 bits per heavy atom. The second-order valence-corrected chi connectivity index (χ2v) is 7.37. The van der Waals surface area contributed by atoms with E-state index in [1.165, 1.54) is 30.2 Å². The van der Waals surface area contributed by atoms with Crippen LogP contribution in [0, 0.1) is 0 Å². The zero-order valence-electron chi connectivity index (χ0n) is 16.0. The maximum atomic E-state index is 12.9. The predicted molar refractivity (Wildman–Crippen MR) is 109 cm³/mol. The van der Waals surface area contributed by atoms with Crippen LogP contribution in [0.15, 0.2) is 42.6 Å². The largest absolute Gasteiger partial charge is 0.339 e. The number of rotatable bonds is 3. The predicted octanol–water partition coefficient (Wildman–Crippen LogP) is 1.99. The number of urea groups is 1. The molecule has 5 amide bonds. The van der Waals surface area contributed by atoms with Gasteiger partial charge in [-0.1, -0.05) is 17.7 Å². The minimum Gasteiger partial charge on any atom is -0.339 e. The van der Waals surface area contributed by atoms with Crippen LogP contribution in [0.4, 0.5) is 16.2 Å². The molecule has 1 N–H and O–H groups in total. The number of piperazine rings is 1. The maximum absolute atomic E-state index is 12.9. The summed E-state index contributed by atoms with van der Waals surface area (Å²) < 4.78 is 0. The maximum Gasteiger partial charge on any atom is 0.332 e. The molecule has 2 aliphatic heterocycles. The molecule has 0 saturated carbocycles. The molecule has 2 aromatic rings. The Hall–Kier alpha value is -3.46. The Bertz CT molecular complexity index is 1040. The van der Waals surface area contributed by atoms with Gasteiger partial charge >= 0.3 is 6.03 Å². The summed E-state index contributed by atoms with van der Waals surface area (Å²) in [7, 11) is 0. The van der Waals surface area contributed by atoms with E-state index in [4.69, 9.17) is 11.6 Å². The van der Waals surface area contributed by atoms with Crippen molar-refractivity contribution in [3.05, 3.63) is 53.3 Å². The van der Waals surface area contributed by atoms with Gasteiger partial charge in [0.25, 0.3) is 11.8 Å². The van der Waals surface area contributed by atoms with Crippen LogP contribution in [0.1, 0.15) is 17.4 Å². The molecule has 154 valence electrons. The third-order valence-electron chi connectivity index (χ3n) is 5.11. The lowest BCUT2D eigenvalue weighted by Gasteiger charge is -2.34. The molecule has 2 aliphatic rings. The highest BCUT2D eigenvalue weighted by molar-refractivity contribution is 6.36. The van der Waals surface area contributed by atoms with Crippen molar-refractivity contribution in [2.24, 2.45) is 0 Å². The van der Waals surface area contributed by atoms with Gasteiger partial charge in [-0.2, -0.15) is 0 Å². The lowest BCUT2D eigenvalue weighted by molar-refractivity contribution is -0.132. The summed E-state index contributed by atoms with van der Waals surface area (Å²) >= 11 is 6.35. The first-order chi connectivity index (χ1) is 14.4. The molecular formula is C20H18ClN5O4. The lowest BCUT2D eigenvalue weighted by Crippen LogP contribution is -2.54. The monoisotopic (exact) mass is 427 g/mol. The van der Waals surface area contributed by atoms with Crippen LogP contribution in [-0.4, -0.2) is 64.2 Å². The van der Waals surface area contributed by atoms with Gasteiger partial charge in [-0.05, 0) is 30.3 Å². The number of fused-ring (bicyclic) bond motifs is 1. The number of hydrogen-bond donors (Lipinski definition) is 1. The minimum atomic E-state index is -0.727. The van der Waals surface area contributed by atoms with E-state index in [-0.39, 0.29) is 35.4 Å². The third kappa shape index (κ3) is 3.48. The smallest absolute Gasteiger partial charge is 0.332 e. The van der Waals surface area contributed by atoms with Gasteiger partial charge in [0.1, 0.15) is 11.7 Å². The number of benzene rings is 1. The summed E-state index contributed by atoms with van der Waals surface area (Å²) in [6.45, 7) is 2.25. The molecule has 10 heteroatoms. The fraction of sp³-hybridized carbons (Fsp3) is 0.250. The van der Waals surface area contributed by atoms with Crippen molar-refractivity contribution in [2.75, 3.05) is 29.9 Å². The van der Waals surface area contributed by atoms with Crippen LogP contribution in [0.3, 0.4) is 0 Å². The van der Waals surface area contributed by atoms with Crippen LogP contribution < -0.4 is 10.2 Å². The van der Waals surface area contributed by atoms with Gasteiger partial charge < -0.3 is 15.1 Å². The number of nitrogens with one attached hydrogen (secondary N) is 1. The number of carbonyl (C=O) groups is 4. The van der Waals surface area contributed by atoms with Crippen LogP contribution in [0.2, 0.25) is 5.02 Å². The van der Waals surface area contributed by atoms with Gasteiger partial charge in [-0.3, -0.25) is 19.4 Å². The van der Waals surface area contributed by atoms with Crippen molar-refractivity contribution in [3.63, 3.8) is 0 Å². The van der Waals surface area contributed by atoms with Crippen molar-refractivity contribution in [1.29, 1.82) is 0 Å². The average Bonchev–Trinajstić information content (AvgIpc) is 2.99. The van der Waals surface area contributed by atoms with Crippen LogP contribution in [0.25, 0.3) is 0 Å². The fourth-order valence-electron chi connectivity index (χ4n) is 3.56. The number of imide groups is 1. The molecule has 3 heterocycles. The van der Waals surface area contributed by atoms with Crippen LogP contribution in [-0.2, 0) is 9.59 Å². The van der Waals surface area contributed by atoms with E-state index in [0.29, 0.717) is 12.2 Å². The third-order valence-corrected chi connectivity index (χ3v) is 5.41. The molecule has 2 fully saturated rings.